The van der Waals surface area contributed by atoms with Crippen LogP contribution in [0, 0.1) is 6.92 Å². The summed E-state index contributed by atoms with van der Waals surface area (Å²) >= 11 is 1.68. The van der Waals surface area contributed by atoms with Crippen LogP contribution in [-0.2, 0) is 6.54 Å². The first kappa shape index (κ1) is 12.3. The number of nitrogens with one attached hydrogen (secondary N) is 1. The van der Waals surface area contributed by atoms with Crippen LogP contribution in [-0.4, -0.2) is 10.5 Å². The first-order valence-corrected chi connectivity index (χ1v) is 6.51. The highest BCUT2D eigenvalue weighted by molar-refractivity contribution is 7.14. The van der Waals surface area contributed by atoms with Gasteiger partial charge in [0.25, 0.3) is 0 Å². The smallest absolute Gasteiger partial charge is 0.165 e. The largest absolute Gasteiger partial charge is 0.462 e. The van der Waals surface area contributed by atoms with Crippen LogP contribution >= 0.6 is 11.3 Å². The molecule has 3 nitrogen and oxygen atoms in total. The maximum atomic E-state index is 5.44. The number of hydrogen-bond acceptors (Lipinski definition) is 4. The van der Waals surface area contributed by atoms with Crippen molar-refractivity contribution in [3.05, 3.63) is 29.0 Å². The number of aryl methyl sites for hydroxylation is 1. The molecule has 0 spiro atoms. The Morgan fingerprint density at radius 1 is 1.41 bits per heavy atom. The summed E-state index contributed by atoms with van der Waals surface area (Å²) in [6.45, 7) is 9.36. The minimum Gasteiger partial charge on any atom is -0.462 e. The third-order valence-corrected chi connectivity index (χ3v) is 3.40. The zero-order valence-electron chi connectivity index (χ0n) is 10.7. The quantitative estimate of drug-likeness (QED) is 0.904. The van der Waals surface area contributed by atoms with Gasteiger partial charge in [0.2, 0.25) is 0 Å². The summed E-state index contributed by atoms with van der Waals surface area (Å²) < 4.78 is 5.44. The third kappa shape index (κ3) is 3.17. The molecule has 92 valence electrons. The molecule has 0 bridgehead atoms. The van der Waals surface area contributed by atoms with Gasteiger partial charge in [-0.1, -0.05) is 0 Å². The van der Waals surface area contributed by atoms with E-state index in [1.165, 1.54) is 4.88 Å². The maximum Gasteiger partial charge on any atom is 0.165 e. The van der Waals surface area contributed by atoms with Gasteiger partial charge in [-0.2, -0.15) is 0 Å². The van der Waals surface area contributed by atoms with E-state index >= 15 is 0 Å². The van der Waals surface area contributed by atoms with Gasteiger partial charge in [0.1, 0.15) is 0 Å². The van der Waals surface area contributed by atoms with Crippen molar-refractivity contribution in [3.63, 3.8) is 0 Å². The van der Waals surface area contributed by atoms with Crippen LogP contribution in [0.5, 0.6) is 0 Å². The molecule has 2 aromatic heterocycles. The molecule has 0 aliphatic heterocycles. The van der Waals surface area contributed by atoms with E-state index in [9.17, 15) is 0 Å². The van der Waals surface area contributed by atoms with Gasteiger partial charge in [0.05, 0.1) is 6.26 Å². The summed E-state index contributed by atoms with van der Waals surface area (Å²) in [4.78, 5) is 5.63. The van der Waals surface area contributed by atoms with Crippen molar-refractivity contribution >= 4 is 11.3 Å². The Bertz CT molecular complexity index is 493. The second-order valence-electron chi connectivity index (χ2n) is 5.17. The highest BCUT2D eigenvalue weighted by Crippen LogP contribution is 2.28. The SMILES string of the molecule is Cc1ccoc1-c1ncc(CNC(C)(C)C)s1. The number of rotatable bonds is 3. The van der Waals surface area contributed by atoms with E-state index in [1.54, 1.807) is 17.6 Å². The molecule has 0 saturated heterocycles. The highest BCUT2D eigenvalue weighted by Gasteiger charge is 2.13. The molecule has 0 aromatic carbocycles. The zero-order valence-corrected chi connectivity index (χ0v) is 11.5. The summed E-state index contributed by atoms with van der Waals surface area (Å²) in [6, 6.07) is 1.96. The Morgan fingerprint density at radius 2 is 2.18 bits per heavy atom. The van der Waals surface area contributed by atoms with Gasteiger partial charge in [-0.05, 0) is 39.3 Å². The topological polar surface area (TPSA) is 38.1 Å². The zero-order chi connectivity index (χ0) is 12.5. The van der Waals surface area contributed by atoms with Crippen molar-refractivity contribution in [3.8, 4) is 10.8 Å². The van der Waals surface area contributed by atoms with Crippen LogP contribution < -0.4 is 5.32 Å². The van der Waals surface area contributed by atoms with Crippen LogP contribution in [0.2, 0.25) is 0 Å². The van der Waals surface area contributed by atoms with Crippen molar-refractivity contribution in [2.24, 2.45) is 0 Å². The molecule has 0 fully saturated rings. The van der Waals surface area contributed by atoms with Gasteiger partial charge in [-0.25, -0.2) is 4.98 Å². The third-order valence-electron chi connectivity index (χ3n) is 2.40. The standard InChI is InChI=1S/C13H18N2OS/c1-9-5-6-16-11(9)12-14-7-10(17-12)8-15-13(2,3)4/h5-7,15H,8H2,1-4H3. The molecule has 2 heterocycles. The van der Waals surface area contributed by atoms with Gasteiger partial charge in [-0.15, -0.1) is 11.3 Å². The first-order chi connectivity index (χ1) is 7.96. The van der Waals surface area contributed by atoms with Crippen LogP contribution in [0.15, 0.2) is 22.9 Å². The predicted octanol–water partition coefficient (Wildman–Crippen LogP) is 3.60. The van der Waals surface area contributed by atoms with Gasteiger partial charge in [0, 0.05) is 23.2 Å². The molecule has 17 heavy (non-hydrogen) atoms. The lowest BCUT2D eigenvalue weighted by molar-refractivity contribution is 0.426. The minimum absolute atomic E-state index is 0.130. The predicted molar refractivity (Wildman–Crippen MR) is 71.1 cm³/mol. The molecule has 2 rings (SSSR count). The molecule has 0 amide bonds. The molecule has 4 heteroatoms. The van der Waals surface area contributed by atoms with Crippen molar-refractivity contribution in [1.82, 2.24) is 10.3 Å². The van der Waals surface area contributed by atoms with E-state index in [0.29, 0.717) is 0 Å². The first-order valence-electron chi connectivity index (χ1n) is 5.70. The van der Waals surface area contributed by atoms with E-state index in [0.717, 1.165) is 22.9 Å². The lowest BCUT2D eigenvalue weighted by atomic mass is 10.1. The highest BCUT2D eigenvalue weighted by atomic mass is 32.1. The Morgan fingerprint density at radius 3 is 2.76 bits per heavy atom. The lowest BCUT2D eigenvalue weighted by Gasteiger charge is -2.19. The molecule has 0 aliphatic rings. The number of hydrogen-bond donors (Lipinski definition) is 1. The Labute approximate surface area is 106 Å². The molecule has 0 radical (unpaired) electrons. The van der Waals surface area contributed by atoms with Gasteiger partial charge < -0.3 is 9.73 Å². The summed E-state index contributed by atoms with van der Waals surface area (Å²) in [7, 11) is 0. The van der Waals surface area contributed by atoms with Crippen molar-refractivity contribution in [2.45, 2.75) is 39.8 Å². The maximum absolute atomic E-state index is 5.44. The van der Waals surface area contributed by atoms with Gasteiger partial charge in [-0.3, -0.25) is 0 Å². The van der Waals surface area contributed by atoms with Crippen LogP contribution in [0.25, 0.3) is 10.8 Å². The fourth-order valence-electron chi connectivity index (χ4n) is 1.44. The Kier molecular flexibility index (Phi) is 3.35. The molecule has 0 atom stereocenters. The fraction of sp³-hybridized carbons (Fsp3) is 0.462. The molecular formula is C13H18N2OS. The summed E-state index contributed by atoms with van der Waals surface area (Å²) in [5, 5.41) is 4.41. The van der Waals surface area contributed by atoms with E-state index in [-0.39, 0.29) is 5.54 Å². The number of nitrogens with zero attached hydrogens (tertiary/aromatic N) is 1. The molecular weight excluding hydrogens is 232 g/mol. The average molecular weight is 250 g/mol. The van der Waals surface area contributed by atoms with E-state index in [2.05, 4.69) is 31.1 Å². The van der Waals surface area contributed by atoms with Gasteiger partial charge in [0.15, 0.2) is 10.8 Å². The number of thiazole rings is 1. The Balaban J connectivity index is 2.09. The average Bonchev–Trinajstić information content (AvgIpc) is 2.81. The van der Waals surface area contributed by atoms with E-state index in [1.807, 2.05) is 19.2 Å². The second-order valence-corrected chi connectivity index (χ2v) is 6.28. The normalized spacial score (nSPS) is 12.0. The van der Waals surface area contributed by atoms with E-state index < -0.39 is 0 Å². The van der Waals surface area contributed by atoms with Crippen LogP contribution in [0.4, 0.5) is 0 Å². The number of aromatic nitrogens is 1. The lowest BCUT2D eigenvalue weighted by Crippen LogP contribution is -2.34. The monoisotopic (exact) mass is 250 g/mol. The molecule has 2 aromatic rings. The van der Waals surface area contributed by atoms with Gasteiger partial charge >= 0.3 is 0 Å². The summed E-state index contributed by atoms with van der Waals surface area (Å²) in [5.74, 6) is 0.886. The van der Waals surface area contributed by atoms with Crippen LogP contribution in [0.3, 0.4) is 0 Å². The van der Waals surface area contributed by atoms with Crippen molar-refractivity contribution < 1.29 is 4.42 Å². The minimum atomic E-state index is 0.130. The second kappa shape index (κ2) is 4.63. The summed E-state index contributed by atoms with van der Waals surface area (Å²) in [5.41, 5.74) is 1.26. The molecule has 0 aliphatic carbocycles. The fourth-order valence-corrected chi connectivity index (χ4v) is 2.34. The number of furan rings is 1. The summed E-state index contributed by atoms with van der Waals surface area (Å²) in [6.07, 6.45) is 3.62. The van der Waals surface area contributed by atoms with Crippen molar-refractivity contribution in [2.75, 3.05) is 0 Å². The van der Waals surface area contributed by atoms with Crippen LogP contribution in [0.1, 0.15) is 31.2 Å². The molecule has 0 saturated carbocycles. The molecule has 0 unspecified atom stereocenters. The Hall–Kier alpha value is -1.13. The van der Waals surface area contributed by atoms with Crippen molar-refractivity contribution in [1.29, 1.82) is 0 Å². The molecule has 1 N–H and O–H groups in total. The van der Waals surface area contributed by atoms with E-state index in [4.69, 9.17) is 4.42 Å².